The Hall–Kier alpha value is -1.10. The van der Waals surface area contributed by atoms with Crippen molar-refractivity contribution >= 4 is 17.5 Å². The standard InChI is InChI=1S/C18H26ClN3O/c19-17-6-4-16(5-7-17)14-20-10-12-21(13-11-20)15-18(23)22-8-2-1-3-9-22/h4-7H,1-3,8-15H2. The summed E-state index contributed by atoms with van der Waals surface area (Å²) in [6.07, 6.45) is 3.61. The van der Waals surface area contributed by atoms with Crippen LogP contribution >= 0.6 is 11.6 Å². The number of benzene rings is 1. The van der Waals surface area contributed by atoms with E-state index in [1.165, 1.54) is 24.8 Å². The minimum absolute atomic E-state index is 0.316. The van der Waals surface area contributed by atoms with E-state index in [2.05, 4.69) is 21.9 Å². The summed E-state index contributed by atoms with van der Waals surface area (Å²) in [4.78, 5) is 19.1. The number of carbonyl (C=O) groups is 1. The molecule has 2 fully saturated rings. The van der Waals surface area contributed by atoms with Crippen molar-refractivity contribution in [3.05, 3.63) is 34.9 Å². The third-order valence-corrected chi connectivity index (χ3v) is 5.10. The van der Waals surface area contributed by atoms with Gasteiger partial charge in [0, 0.05) is 50.8 Å². The van der Waals surface area contributed by atoms with E-state index in [1.807, 2.05) is 17.0 Å². The van der Waals surface area contributed by atoms with Crippen LogP contribution in [0.2, 0.25) is 5.02 Å². The molecule has 2 aliphatic rings. The topological polar surface area (TPSA) is 26.8 Å². The average molecular weight is 336 g/mol. The van der Waals surface area contributed by atoms with E-state index in [4.69, 9.17) is 11.6 Å². The van der Waals surface area contributed by atoms with Crippen LogP contribution in [-0.4, -0.2) is 66.4 Å². The summed E-state index contributed by atoms with van der Waals surface area (Å²) in [5.74, 6) is 0.316. The van der Waals surface area contributed by atoms with Gasteiger partial charge in [0.05, 0.1) is 6.54 Å². The lowest BCUT2D eigenvalue weighted by Gasteiger charge is -2.36. The molecule has 1 aromatic carbocycles. The molecule has 1 amide bonds. The molecule has 0 radical (unpaired) electrons. The smallest absolute Gasteiger partial charge is 0.236 e. The largest absolute Gasteiger partial charge is 0.342 e. The van der Waals surface area contributed by atoms with Crippen LogP contribution in [0, 0.1) is 0 Å². The predicted molar refractivity (Wildman–Crippen MR) is 93.6 cm³/mol. The predicted octanol–water partition coefficient (Wildman–Crippen LogP) is 2.47. The summed E-state index contributed by atoms with van der Waals surface area (Å²) < 4.78 is 0. The summed E-state index contributed by atoms with van der Waals surface area (Å²) in [7, 11) is 0. The first-order chi connectivity index (χ1) is 11.2. The number of hydrogen-bond acceptors (Lipinski definition) is 3. The van der Waals surface area contributed by atoms with E-state index in [0.717, 1.165) is 50.8 Å². The zero-order chi connectivity index (χ0) is 16.1. The number of nitrogens with zero attached hydrogens (tertiary/aromatic N) is 3. The van der Waals surface area contributed by atoms with Gasteiger partial charge >= 0.3 is 0 Å². The Kier molecular flexibility index (Phi) is 5.92. The Balaban J connectivity index is 1.41. The number of amides is 1. The van der Waals surface area contributed by atoms with Gasteiger partial charge in [0.1, 0.15) is 0 Å². The highest BCUT2D eigenvalue weighted by Crippen LogP contribution is 2.14. The zero-order valence-corrected chi connectivity index (χ0v) is 14.5. The van der Waals surface area contributed by atoms with Crippen LogP contribution in [0.15, 0.2) is 24.3 Å². The van der Waals surface area contributed by atoms with Crippen LogP contribution in [0.5, 0.6) is 0 Å². The molecular weight excluding hydrogens is 310 g/mol. The molecule has 3 rings (SSSR count). The quantitative estimate of drug-likeness (QED) is 0.845. The monoisotopic (exact) mass is 335 g/mol. The van der Waals surface area contributed by atoms with E-state index in [1.54, 1.807) is 0 Å². The molecule has 23 heavy (non-hydrogen) atoms. The van der Waals surface area contributed by atoms with Crippen molar-refractivity contribution in [2.75, 3.05) is 45.8 Å². The number of halogens is 1. The number of piperidine rings is 1. The second kappa shape index (κ2) is 8.13. The fourth-order valence-corrected chi connectivity index (χ4v) is 3.51. The SMILES string of the molecule is O=C(CN1CCN(Cc2ccc(Cl)cc2)CC1)N1CCCCC1. The molecule has 126 valence electrons. The van der Waals surface area contributed by atoms with Gasteiger partial charge in [-0.25, -0.2) is 0 Å². The van der Waals surface area contributed by atoms with Crippen LogP contribution in [0.3, 0.4) is 0 Å². The third-order valence-electron chi connectivity index (χ3n) is 4.85. The average Bonchev–Trinajstić information content (AvgIpc) is 2.59. The van der Waals surface area contributed by atoms with Gasteiger partial charge < -0.3 is 4.90 Å². The Morgan fingerprint density at radius 1 is 0.870 bits per heavy atom. The van der Waals surface area contributed by atoms with Crippen molar-refractivity contribution in [1.29, 1.82) is 0 Å². The Bertz CT molecular complexity index is 506. The van der Waals surface area contributed by atoms with Crippen LogP contribution < -0.4 is 0 Å². The number of carbonyl (C=O) groups excluding carboxylic acids is 1. The first kappa shape index (κ1) is 16.7. The normalized spacial score (nSPS) is 20.7. The highest BCUT2D eigenvalue weighted by atomic mass is 35.5. The molecule has 2 saturated heterocycles. The molecule has 2 aliphatic heterocycles. The van der Waals surface area contributed by atoms with Gasteiger partial charge in [-0.2, -0.15) is 0 Å². The zero-order valence-electron chi connectivity index (χ0n) is 13.7. The van der Waals surface area contributed by atoms with Crippen molar-refractivity contribution in [2.45, 2.75) is 25.8 Å². The van der Waals surface area contributed by atoms with Crippen LogP contribution in [-0.2, 0) is 11.3 Å². The van der Waals surface area contributed by atoms with E-state index in [-0.39, 0.29) is 0 Å². The van der Waals surface area contributed by atoms with Crippen molar-refractivity contribution in [3.8, 4) is 0 Å². The van der Waals surface area contributed by atoms with Crippen LogP contribution in [0.4, 0.5) is 0 Å². The second-order valence-electron chi connectivity index (χ2n) is 6.62. The Labute approximate surface area is 144 Å². The van der Waals surface area contributed by atoms with Gasteiger partial charge in [-0.1, -0.05) is 23.7 Å². The fraction of sp³-hybridized carbons (Fsp3) is 0.611. The molecular formula is C18H26ClN3O. The maximum absolute atomic E-state index is 12.3. The number of rotatable bonds is 4. The van der Waals surface area contributed by atoms with E-state index >= 15 is 0 Å². The van der Waals surface area contributed by atoms with Gasteiger partial charge in [-0.3, -0.25) is 14.6 Å². The molecule has 0 aliphatic carbocycles. The van der Waals surface area contributed by atoms with Crippen molar-refractivity contribution in [1.82, 2.24) is 14.7 Å². The van der Waals surface area contributed by atoms with Crippen molar-refractivity contribution in [3.63, 3.8) is 0 Å². The van der Waals surface area contributed by atoms with Gasteiger partial charge in [0.2, 0.25) is 5.91 Å². The molecule has 4 nitrogen and oxygen atoms in total. The molecule has 2 heterocycles. The molecule has 0 spiro atoms. The van der Waals surface area contributed by atoms with Crippen molar-refractivity contribution in [2.24, 2.45) is 0 Å². The Morgan fingerprint density at radius 2 is 1.48 bits per heavy atom. The lowest BCUT2D eigenvalue weighted by atomic mass is 10.1. The first-order valence-corrected chi connectivity index (χ1v) is 9.05. The first-order valence-electron chi connectivity index (χ1n) is 8.68. The molecule has 0 atom stereocenters. The van der Waals surface area contributed by atoms with Crippen LogP contribution in [0.25, 0.3) is 0 Å². The molecule has 0 unspecified atom stereocenters. The summed E-state index contributed by atoms with van der Waals surface area (Å²) in [5, 5.41) is 0.787. The molecule has 0 bridgehead atoms. The molecule has 0 aromatic heterocycles. The lowest BCUT2D eigenvalue weighted by molar-refractivity contribution is -0.133. The van der Waals surface area contributed by atoms with Crippen LogP contribution in [0.1, 0.15) is 24.8 Å². The summed E-state index contributed by atoms with van der Waals surface area (Å²) in [6, 6.07) is 8.08. The summed E-state index contributed by atoms with van der Waals surface area (Å²) in [6.45, 7) is 7.47. The third kappa shape index (κ3) is 4.93. The van der Waals surface area contributed by atoms with Gasteiger partial charge in [0.15, 0.2) is 0 Å². The maximum atomic E-state index is 12.3. The highest BCUT2D eigenvalue weighted by molar-refractivity contribution is 6.30. The molecule has 1 aromatic rings. The number of piperazine rings is 1. The fourth-order valence-electron chi connectivity index (χ4n) is 3.39. The second-order valence-corrected chi connectivity index (χ2v) is 7.06. The summed E-state index contributed by atoms with van der Waals surface area (Å²) >= 11 is 5.93. The van der Waals surface area contributed by atoms with E-state index < -0.39 is 0 Å². The summed E-state index contributed by atoms with van der Waals surface area (Å²) in [5.41, 5.74) is 1.30. The highest BCUT2D eigenvalue weighted by Gasteiger charge is 2.22. The van der Waals surface area contributed by atoms with E-state index in [9.17, 15) is 4.79 Å². The number of hydrogen-bond donors (Lipinski definition) is 0. The van der Waals surface area contributed by atoms with Gasteiger partial charge in [-0.15, -0.1) is 0 Å². The molecule has 5 heteroatoms. The minimum Gasteiger partial charge on any atom is -0.342 e. The van der Waals surface area contributed by atoms with Gasteiger partial charge in [-0.05, 0) is 37.0 Å². The van der Waals surface area contributed by atoms with E-state index in [0.29, 0.717) is 12.5 Å². The lowest BCUT2D eigenvalue weighted by Crippen LogP contribution is -2.50. The maximum Gasteiger partial charge on any atom is 0.236 e. The minimum atomic E-state index is 0.316. The van der Waals surface area contributed by atoms with Gasteiger partial charge in [0.25, 0.3) is 0 Å². The Morgan fingerprint density at radius 3 is 2.13 bits per heavy atom. The number of likely N-dealkylation sites (tertiary alicyclic amines) is 1. The molecule has 0 N–H and O–H groups in total. The van der Waals surface area contributed by atoms with Crippen molar-refractivity contribution < 1.29 is 4.79 Å². The molecule has 0 saturated carbocycles.